The van der Waals surface area contributed by atoms with Crippen molar-refractivity contribution in [2.75, 3.05) is 45.4 Å². The van der Waals surface area contributed by atoms with E-state index in [9.17, 15) is 9.59 Å². The Morgan fingerprint density at radius 1 is 1.10 bits per heavy atom. The van der Waals surface area contributed by atoms with Crippen LogP contribution in [0.25, 0.3) is 0 Å². The van der Waals surface area contributed by atoms with Gasteiger partial charge in [0.15, 0.2) is 0 Å². The largest absolute Gasteiger partial charge is 0.497 e. The highest BCUT2D eigenvalue weighted by atomic mass is 16.5. The monoisotopic (exact) mass is 401 g/mol. The molecule has 2 fully saturated rings. The molecule has 7 nitrogen and oxygen atoms in total. The van der Waals surface area contributed by atoms with Gasteiger partial charge in [0, 0.05) is 18.4 Å². The van der Waals surface area contributed by atoms with Gasteiger partial charge in [-0.05, 0) is 37.5 Å². The van der Waals surface area contributed by atoms with Crippen LogP contribution in [0.15, 0.2) is 30.0 Å². The first-order valence-electron chi connectivity index (χ1n) is 10.4. The standard InChI is InChI=1S/C22H28N2O5/c1-27-15-7-8-19(20(13-15)28-2)24-21(25)14-17(22(24)26)16-5-3-4-6-18(16)23-9-11-29-12-10-23/h6-8,13,16-17H,3-5,9-12,14H2,1-2H3/p+1/t16-,17+/m1/s1. The number of hydrogen-bond donors (Lipinski definition) is 1. The molecule has 4 rings (SSSR count). The smallest absolute Gasteiger partial charge is 0.238 e. The number of nitrogens with zero attached hydrogens (tertiary/aromatic N) is 1. The average molecular weight is 401 g/mol. The Morgan fingerprint density at radius 3 is 2.62 bits per heavy atom. The van der Waals surface area contributed by atoms with Crippen molar-refractivity contribution < 1.29 is 28.7 Å². The molecule has 3 aliphatic rings. The van der Waals surface area contributed by atoms with E-state index in [-0.39, 0.29) is 30.1 Å². The zero-order valence-corrected chi connectivity index (χ0v) is 17.1. The third-order valence-corrected chi connectivity index (χ3v) is 6.28. The highest BCUT2D eigenvalue weighted by Crippen LogP contribution is 2.41. The van der Waals surface area contributed by atoms with Crippen LogP contribution in [0.4, 0.5) is 5.69 Å². The number of hydrogen-bond acceptors (Lipinski definition) is 5. The maximum atomic E-state index is 13.4. The van der Waals surface area contributed by atoms with Crippen molar-refractivity contribution in [2.24, 2.45) is 11.8 Å². The summed E-state index contributed by atoms with van der Waals surface area (Å²) in [4.78, 5) is 29.1. The van der Waals surface area contributed by atoms with E-state index in [1.165, 1.54) is 22.6 Å². The summed E-state index contributed by atoms with van der Waals surface area (Å²) >= 11 is 0. The molecule has 2 aliphatic heterocycles. The molecule has 1 aliphatic carbocycles. The van der Waals surface area contributed by atoms with Crippen molar-refractivity contribution in [3.05, 3.63) is 30.0 Å². The van der Waals surface area contributed by atoms with Gasteiger partial charge in [-0.25, -0.2) is 4.90 Å². The molecule has 0 radical (unpaired) electrons. The molecular weight excluding hydrogens is 372 g/mol. The molecule has 0 saturated carbocycles. The second-order valence-electron chi connectivity index (χ2n) is 7.83. The van der Waals surface area contributed by atoms with E-state index >= 15 is 0 Å². The number of benzene rings is 1. The normalized spacial score (nSPS) is 25.9. The molecule has 2 heterocycles. The van der Waals surface area contributed by atoms with E-state index in [1.54, 1.807) is 25.3 Å². The van der Waals surface area contributed by atoms with Crippen molar-refractivity contribution in [2.45, 2.75) is 25.7 Å². The van der Waals surface area contributed by atoms with Crippen LogP contribution >= 0.6 is 0 Å². The number of rotatable bonds is 5. The lowest BCUT2D eigenvalue weighted by molar-refractivity contribution is -0.874. The van der Waals surface area contributed by atoms with E-state index in [4.69, 9.17) is 14.2 Å². The fourth-order valence-corrected chi connectivity index (χ4v) is 4.83. The first-order valence-corrected chi connectivity index (χ1v) is 10.4. The number of methoxy groups -OCH3 is 2. The van der Waals surface area contributed by atoms with E-state index in [0.29, 0.717) is 17.2 Å². The molecule has 0 bridgehead atoms. The van der Waals surface area contributed by atoms with Gasteiger partial charge in [-0.1, -0.05) is 0 Å². The van der Waals surface area contributed by atoms with Crippen LogP contribution in [0.1, 0.15) is 25.7 Å². The van der Waals surface area contributed by atoms with Gasteiger partial charge in [0.25, 0.3) is 0 Å². The molecular formula is C22H29N2O5+. The fourth-order valence-electron chi connectivity index (χ4n) is 4.83. The maximum Gasteiger partial charge on any atom is 0.238 e. The number of carbonyl (C=O) groups is 2. The van der Waals surface area contributed by atoms with Crippen molar-refractivity contribution >= 4 is 17.5 Å². The van der Waals surface area contributed by atoms with Gasteiger partial charge in [0.05, 0.1) is 39.0 Å². The highest BCUT2D eigenvalue weighted by molar-refractivity contribution is 6.21. The molecule has 2 saturated heterocycles. The van der Waals surface area contributed by atoms with Crippen LogP contribution < -0.4 is 19.3 Å². The van der Waals surface area contributed by atoms with Crippen LogP contribution in [-0.4, -0.2) is 52.3 Å². The lowest BCUT2D eigenvalue weighted by Gasteiger charge is -2.34. The summed E-state index contributed by atoms with van der Waals surface area (Å²) < 4.78 is 16.2. The zero-order valence-electron chi connectivity index (χ0n) is 17.1. The van der Waals surface area contributed by atoms with Gasteiger partial charge in [-0.3, -0.25) is 9.59 Å². The SMILES string of the molecule is COc1ccc(N2C(=O)C[C@@H]([C@H]3CCCC=C3[NH+]3CCOCC3)C2=O)c(OC)c1. The minimum atomic E-state index is -0.309. The summed E-state index contributed by atoms with van der Waals surface area (Å²) in [5, 5.41) is 0. The Labute approximate surface area is 171 Å². The van der Waals surface area contributed by atoms with E-state index < -0.39 is 0 Å². The zero-order chi connectivity index (χ0) is 20.4. The lowest BCUT2D eigenvalue weighted by atomic mass is 9.80. The summed E-state index contributed by atoms with van der Waals surface area (Å²) in [7, 11) is 3.10. The van der Waals surface area contributed by atoms with Crippen molar-refractivity contribution in [3.8, 4) is 11.5 Å². The molecule has 0 aromatic heterocycles. The molecule has 0 spiro atoms. The quantitative estimate of drug-likeness (QED) is 0.751. The van der Waals surface area contributed by atoms with Gasteiger partial charge in [-0.15, -0.1) is 0 Å². The highest BCUT2D eigenvalue weighted by Gasteiger charge is 2.47. The van der Waals surface area contributed by atoms with Gasteiger partial charge in [0.2, 0.25) is 11.8 Å². The van der Waals surface area contributed by atoms with E-state index in [1.807, 2.05) is 0 Å². The fraction of sp³-hybridized carbons (Fsp3) is 0.545. The minimum absolute atomic E-state index is 0.113. The Balaban J connectivity index is 1.61. The Morgan fingerprint density at radius 2 is 1.90 bits per heavy atom. The Bertz CT molecular complexity index is 815. The Hall–Kier alpha value is -2.38. The first kappa shape index (κ1) is 19.9. The molecule has 1 aromatic rings. The van der Waals surface area contributed by atoms with Crippen molar-refractivity contribution in [3.63, 3.8) is 0 Å². The van der Waals surface area contributed by atoms with E-state index in [0.717, 1.165) is 45.6 Å². The van der Waals surface area contributed by atoms with E-state index in [2.05, 4.69) is 6.08 Å². The first-order chi connectivity index (χ1) is 14.1. The number of imide groups is 1. The number of quaternary nitrogens is 1. The maximum absolute atomic E-state index is 13.4. The summed E-state index contributed by atoms with van der Waals surface area (Å²) in [5.74, 6) is 0.604. The third-order valence-electron chi connectivity index (χ3n) is 6.28. The summed E-state index contributed by atoms with van der Waals surface area (Å²) in [6.45, 7) is 3.33. The second-order valence-corrected chi connectivity index (χ2v) is 7.83. The summed E-state index contributed by atoms with van der Waals surface area (Å²) in [6.07, 6.45) is 5.60. The molecule has 156 valence electrons. The Kier molecular flexibility index (Phi) is 5.87. The van der Waals surface area contributed by atoms with Crippen molar-refractivity contribution in [1.29, 1.82) is 0 Å². The van der Waals surface area contributed by atoms with Gasteiger partial charge in [0.1, 0.15) is 30.3 Å². The van der Waals surface area contributed by atoms with Crippen LogP contribution in [-0.2, 0) is 14.3 Å². The van der Waals surface area contributed by atoms with Crippen LogP contribution in [0.3, 0.4) is 0 Å². The number of carbonyl (C=O) groups excluding carboxylic acids is 2. The summed E-state index contributed by atoms with van der Waals surface area (Å²) in [6, 6.07) is 5.17. The van der Waals surface area contributed by atoms with Crippen molar-refractivity contribution in [1.82, 2.24) is 0 Å². The predicted molar refractivity (Wildman–Crippen MR) is 107 cm³/mol. The number of allylic oxidation sites excluding steroid dienone is 2. The lowest BCUT2D eigenvalue weighted by Crippen LogP contribution is -3.13. The van der Waals surface area contributed by atoms with Crippen LogP contribution in [0.2, 0.25) is 0 Å². The predicted octanol–water partition coefficient (Wildman–Crippen LogP) is 1.18. The minimum Gasteiger partial charge on any atom is -0.497 e. The average Bonchev–Trinajstić information content (AvgIpc) is 3.07. The number of amides is 2. The molecule has 29 heavy (non-hydrogen) atoms. The summed E-state index contributed by atoms with van der Waals surface area (Å²) in [5.41, 5.74) is 1.79. The molecule has 1 aromatic carbocycles. The molecule has 1 N–H and O–H groups in total. The number of nitrogens with one attached hydrogen (secondary N) is 1. The molecule has 0 unspecified atom stereocenters. The van der Waals surface area contributed by atoms with Crippen LogP contribution in [0.5, 0.6) is 11.5 Å². The topological polar surface area (TPSA) is 69.5 Å². The van der Waals surface area contributed by atoms with Gasteiger partial charge in [-0.2, -0.15) is 0 Å². The molecule has 2 amide bonds. The number of morpholine rings is 1. The van der Waals surface area contributed by atoms with Crippen LogP contribution in [0, 0.1) is 11.8 Å². The molecule has 2 atom stereocenters. The number of anilines is 1. The van der Waals surface area contributed by atoms with Gasteiger partial charge >= 0.3 is 0 Å². The third kappa shape index (κ3) is 3.76. The number of ether oxygens (including phenoxy) is 3. The second kappa shape index (κ2) is 8.55. The van der Waals surface area contributed by atoms with Gasteiger partial charge < -0.3 is 19.1 Å². The molecule has 7 heteroatoms.